The highest BCUT2D eigenvalue weighted by Crippen LogP contribution is 2.38. The molecule has 92 valence electrons. The van der Waals surface area contributed by atoms with Crippen LogP contribution in [0.3, 0.4) is 0 Å². The summed E-state index contributed by atoms with van der Waals surface area (Å²) in [6.07, 6.45) is 0. The summed E-state index contributed by atoms with van der Waals surface area (Å²) in [6.45, 7) is 4.36. The Morgan fingerprint density at radius 3 is 1.71 bits per heavy atom. The van der Waals surface area contributed by atoms with Gasteiger partial charge in [-0.2, -0.15) is 0 Å². The molecule has 1 aromatic rings. The third-order valence-electron chi connectivity index (χ3n) is 1.88. The minimum atomic E-state index is -0.470. The lowest BCUT2D eigenvalue weighted by Crippen LogP contribution is -2.07. The molecule has 17 heavy (non-hydrogen) atoms. The van der Waals surface area contributed by atoms with Crippen LogP contribution in [0.1, 0.15) is 19.4 Å². The molecule has 0 aliphatic rings. The van der Waals surface area contributed by atoms with Crippen molar-refractivity contribution in [3.63, 3.8) is 0 Å². The number of carbonyl (C=O) groups excluding carboxylic acids is 2. The monoisotopic (exact) mass is 238 g/mol. The molecule has 0 saturated carbocycles. The van der Waals surface area contributed by atoms with Gasteiger partial charge in [-0.3, -0.25) is 9.59 Å². The summed E-state index contributed by atoms with van der Waals surface area (Å²) in [4.78, 5) is 21.9. The lowest BCUT2D eigenvalue weighted by atomic mass is 10.2. The van der Waals surface area contributed by atoms with Crippen LogP contribution in [0.2, 0.25) is 0 Å². The predicted molar refractivity (Wildman–Crippen MR) is 60.3 cm³/mol. The zero-order chi connectivity index (χ0) is 13.0. The number of hydrogen-bond acceptors (Lipinski definition) is 5. The van der Waals surface area contributed by atoms with Crippen LogP contribution in [-0.2, 0) is 9.59 Å². The third-order valence-corrected chi connectivity index (χ3v) is 1.88. The van der Waals surface area contributed by atoms with E-state index in [1.165, 1.54) is 21.0 Å². The van der Waals surface area contributed by atoms with Gasteiger partial charge in [-0.25, -0.2) is 0 Å². The maximum Gasteiger partial charge on any atom is 0.308 e. The highest BCUT2D eigenvalue weighted by atomic mass is 16.6. The van der Waals surface area contributed by atoms with E-state index in [4.69, 9.17) is 14.2 Å². The molecule has 0 amide bonds. The summed E-state index contributed by atoms with van der Waals surface area (Å²) in [5.41, 5.74) is 0.790. The molecule has 0 unspecified atom stereocenters. The van der Waals surface area contributed by atoms with Crippen molar-refractivity contribution < 1.29 is 23.8 Å². The molecule has 0 radical (unpaired) electrons. The second kappa shape index (κ2) is 5.34. The topological polar surface area (TPSA) is 61.8 Å². The normalized spacial score (nSPS) is 9.65. The maximum absolute atomic E-state index is 10.9. The van der Waals surface area contributed by atoms with E-state index in [9.17, 15) is 9.59 Å². The fraction of sp³-hybridized carbons (Fsp3) is 0.333. The number of ether oxygens (including phenoxy) is 3. The molecule has 0 saturated heterocycles. The van der Waals surface area contributed by atoms with E-state index in [2.05, 4.69) is 0 Å². The molecule has 1 aromatic carbocycles. The molecule has 0 aliphatic heterocycles. The number of aryl methyl sites for hydroxylation is 1. The van der Waals surface area contributed by atoms with Crippen LogP contribution in [0, 0.1) is 6.92 Å². The van der Waals surface area contributed by atoms with Gasteiger partial charge >= 0.3 is 11.9 Å². The molecule has 0 aliphatic carbocycles. The lowest BCUT2D eigenvalue weighted by molar-refractivity contribution is -0.132. The summed E-state index contributed by atoms with van der Waals surface area (Å²) in [5, 5.41) is 0. The summed E-state index contributed by atoms with van der Waals surface area (Å²) in [7, 11) is 1.41. The van der Waals surface area contributed by atoms with Gasteiger partial charge in [0, 0.05) is 13.8 Å². The molecule has 5 heteroatoms. The van der Waals surface area contributed by atoms with Gasteiger partial charge in [0.15, 0.2) is 11.5 Å². The lowest BCUT2D eigenvalue weighted by Gasteiger charge is -2.13. The summed E-state index contributed by atoms with van der Waals surface area (Å²) in [6, 6.07) is 3.26. The fourth-order valence-corrected chi connectivity index (χ4v) is 1.37. The Labute approximate surface area is 99.3 Å². The second-order valence-corrected chi connectivity index (χ2v) is 3.48. The maximum atomic E-state index is 10.9. The molecular formula is C12H14O5. The average molecular weight is 238 g/mol. The van der Waals surface area contributed by atoms with Crippen molar-refractivity contribution in [2.75, 3.05) is 7.11 Å². The first-order chi connectivity index (χ1) is 7.93. The zero-order valence-corrected chi connectivity index (χ0v) is 10.2. The van der Waals surface area contributed by atoms with Gasteiger partial charge in [-0.1, -0.05) is 0 Å². The molecule has 0 atom stereocenters. The Balaban J connectivity index is 3.24. The van der Waals surface area contributed by atoms with E-state index in [-0.39, 0.29) is 17.2 Å². The highest BCUT2D eigenvalue weighted by Gasteiger charge is 2.16. The van der Waals surface area contributed by atoms with Gasteiger partial charge in [0.05, 0.1) is 7.11 Å². The number of esters is 2. The van der Waals surface area contributed by atoms with Gasteiger partial charge in [0.25, 0.3) is 0 Å². The Kier molecular flexibility index (Phi) is 4.09. The smallest absolute Gasteiger partial charge is 0.308 e. The first-order valence-electron chi connectivity index (χ1n) is 4.99. The van der Waals surface area contributed by atoms with Crippen LogP contribution in [0.4, 0.5) is 0 Å². The quantitative estimate of drug-likeness (QED) is 0.594. The van der Waals surface area contributed by atoms with Gasteiger partial charge in [0.1, 0.15) is 0 Å². The molecule has 0 fully saturated rings. The van der Waals surface area contributed by atoms with E-state index < -0.39 is 11.9 Å². The summed E-state index contributed by atoms with van der Waals surface area (Å²) in [5.74, 6) is -0.251. The van der Waals surface area contributed by atoms with E-state index in [0.717, 1.165) is 5.56 Å². The molecule has 0 spiro atoms. The first kappa shape index (κ1) is 13.0. The SMILES string of the molecule is COc1c(OC(C)=O)cc(C)cc1OC(C)=O. The predicted octanol–water partition coefficient (Wildman–Crippen LogP) is 1.85. The van der Waals surface area contributed by atoms with E-state index in [1.807, 2.05) is 0 Å². The zero-order valence-electron chi connectivity index (χ0n) is 10.2. The molecule has 5 nitrogen and oxygen atoms in total. The summed E-state index contributed by atoms with van der Waals surface area (Å²) >= 11 is 0. The van der Waals surface area contributed by atoms with Crippen molar-refractivity contribution in [3.05, 3.63) is 17.7 Å². The Morgan fingerprint density at radius 1 is 1.00 bits per heavy atom. The number of hydrogen-bond donors (Lipinski definition) is 0. The van der Waals surface area contributed by atoms with Gasteiger partial charge < -0.3 is 14.2 Å². The fourth-order valence-electron chi connectivity index (χ4n) is 1.37. The molecule has 0 heterocycles. The molecule has 0 bridgehead atoms. The third kappa shape index (κ3) is 3.48. The highest BCUT2D eigenvalue weighted by molar-refractivity contribution is 5.74. The molecular weight excluding hydrogens is 224 g/mol. The van der Waals surface area contributed by atoms with Crippen molar-refractivity contribution in [2.45, 2.75) is 20.8 Å². The van der Waals surface area contributed by atoms with Crippen LogP contribution >= 0.6 is 0 Å². The van der Waals surface area contributed by atoms with Crippen LogP contribution in [0.25, 0.3) is 0 Å². The second-order valence-electron chi connectivity index (χ2n) is 3.48. The van der Waals surface area contributed by atoms with Gasteiger partial charge in [-0.15, -0.1) is 0 Å². The largest absolute Gasteiger partial charge is 0.490 e. The molecule has 0 N–H and O–H groups in total. The Morgan fingerprint density at radius 2 is 1.41 bits per heavy atom. The minimum Gasteiger partial charge on any atom is -0.490 e. The van der Waals surface area contributed by atoms with E-state index in [1.54, 1.807) is 19.1 Å². The van der Waals surface area contributed by atoms with Crippen molar-refractivity contribution in [1.82, 2.24) is 0 Å². The van der Waals surface area contributed by atoms with Gasteiger partial charge in [0.2, 0.25) is 5.75 Å². The average Bonchev–Trinajstić information content (AvgIpc) is 2.14. The Bertz CT molecular complexity index is 413. The molecule has 0 aromatic heterocycles. The van der Waals surface area contributed by atoms with Crippen molar-refractivity contribution >= 4 is 11.9 Å². The first-order valence-corrected chi connectivity index (χ1v) is 4.99. The number of benzene rings is 1. The van der Waals surface area contributed by atoms with E-state index in [0.29, 0.717) is 0 Å². The standard InChI is InChI=1S/C12H14O5/c1-7-5-10(16-8(2)13)12(15-4)11(6-7)17-9(3)14/h5-6H,1-4H3. The number of rotatable bonds is 3. The van der Waals surface area contributed by atoms with Crippen LogP contribution in [-0.4, -0.2) is 19.0 Å². The minimum absolute atomic E-state index is 0.223. The van der Waals surface area contributed by atoms with E-state index >= 15 is 0 Å². The number of carbonyl (C=O) groups is 2. The number of methoxy groups -OCH3 is 1. The summed E-state index contributed by atoms with van der Waals surface area (Å²) < 4.78 is 15.0. The van der Waals surface area contributed by atoms with Crippen LogP contribution in [0.5, 0.6) is 17.2 Å². The van der Waals surface area contributed by atoms with Crippen molar-refractivity contribution in [1.29, 1.82) is 0 Å². The molecule has 1 rings (SSSR count). The van der Waals surface area contributed by atoms with Gasteiger partial charge in [-0.05, 0) is 24.6 Å². The van der Waals surface area contributed by atoms with Crippen LogP contribution in [0.15, 0.2) is 12.1 Å². The van der Waals surface area contributed by atoms with Crippen molar-refractivity contribution in [2.24, 2.45) is 0 Å². The Hall–Kier alpha value is -2.04. The van der Waals surface area contributed by atoms with Crippen LogP contribution < -0.4 is 14.2 Å². The van der Waals surface area contributed by atoms with Crippen molar-refractivity contribution in [3.8, 4) is 17.2 Å².